The molecule has 0 aliphatic heterocycles. The fourth-order valence-corrected chi connectivity index (χ4v) is 4.92. The third-order valence-corrected chi connectivity index (χ3v) is 6.98. The van der Waals surface area contributed by atoms with Crippen LogP contribution in [0, 0.1) is 5.92 Å². The molecule has 0 atom stereocenters. The van der Waals surface area contributed by atoms with Crippen molar-refractivity contribution in [3.63, 3.8) is 0 Å². The number of aryl methyl sites for hydroxylation is 1. The number of nitrogens with zero attached hydrogens (tertiary/aromatic N) is 2. The molecule has 0 bridgehead atoms. The minimum absolute atomic E-state index is 0.615. The van der Waals surface area contributed by atoms with Crippen LogP contribution in [-0.4, -0.2) is 10.2 Å². The van der Waals surface area contributed by atoms with E-state index in [-0.39, 0.29) is 0 Å². The van der Waals surface area contributed by atoms with Crippen LogP contribution in [0.2, 0.25) is 0 Å². The predicted octanol–water partition coefficient (Wildman–Crippen LogP) is 8.51. The summed E-state index contributed by atoms with van der Waals surface area (Å²) in [7, 11) is 0. The molecule has 2 heteroatoms. The Hall–Kier alpha value is -1.70. The Morgan fingerprint density at radius 1 is 0.700 bits per heavy atom. The molecule has 2 nitrogen and oxygen atoms in total. The molecule has 2 aromatic rings. The van der Waals surface area contributed by atoms with Crippen molar-refractivity contribution >= 4 is 0 Å². The highest BCUT2D eigenvalue weighted by Gasteiger charge is 2.23. The fourth-order valence-electron chi connectivity index (χ4n) is 4.92. The second kappa shape index (κ2) is 12.9. The molecule has 1 heterocycles. The van der Waals surface area contributed by atoms with Gasteiger partial charge in [0.25, 0.3) is 0 Å². The van der Waals surface area contributed by atoms with Gasteiger partial charge in [0.15, 0.2) is 0 Å². The number of aromatic nitrogens is 2. The van der Waals surface area contributed by atoms with Crippen molar-refractivity contribution in [2.45, 2.75) is 110 Å². The molecule has 1 aliphatic rings. The number of unbranched alkanes of at least 4 members (excludes halogenated alkanes) is 6. The van der Waals surface area contributed by atoms with Crippen LogP contribution in [0.15, 0.2) is 36.4 Å². The lowest BCUT2D eigenvalue weighted by Crippen LogP contribution is -2.14. The largest absolute Gasteiger partial charge is 0.155 e. The normalized spacial score (nSPS) is 19.1. The summed E-state index contributed by atoms with van der Waals surface area (Å²) < 4.78 is 0. The second-order valence-corrected chi connectivity index (χ2v) is 9.42. The van der Waals surface area contributed by atoms with Crippen molar-refractivity contribution in [1.82, 2.24) is 10.2 Å². The van der Waals surface area contributed by atoms with Gasteiger partial charge in [-0.3, -0.25) is 0 Å². The lowest BCUT2D eigenvalue weighted by Gasteiger charge is -2.28. The number of hydrogen-bond donors (Lipinski definition) is 0. The molecule has 3 rings (SSSR count). The predicted molar refractivity (Wildman–Crippen MR) is 129 cm³/mol. The summed E-state index contributed by atoms with van der Waals surface area (Å²) in [4.78, 5) is 0. The minimum Gasteiger partial charge on any atom is -0.155 e. The summed E-state index contributed by atoms with van der Waals surface area (Å²) in [6.45, 7) is 4.55. The molecule has 1 fully saturated rings. The van der Waals surface area contributed by atoms with Crippen molar-refractivity contribution in [2.75, 3.05) is 0 Å². The van der Waals surface area contributed by atoms with Crippen LogP contribution >= 0.6 is 0 Å². The van der Waals surface area contributed by atoms with E-state index in [9.17, 15) is 0 Å². The van der Waals surface area contributed by atoms with E-state index in [1.165, 1.54) is 107 Å². The van der Waals surface area contributed by atoms with Crippen molar-refractivity contribution in [3.8, 4) is 11.3 Å². The lowest BCUT2D eigenvalue weighted by molar-refractivity contribution is 0.298. The summed E-state index contributed by atoms with van der Waals surface area (Å²) in [5.74, 6) is 1.56. The van der Waals surface area contributed by atoms with Gasteiger partial charge < -0.3 is 0 Å². The summed E-state index contributed by atoms with van der Waals surface area (Å²) in [6, 6.07) is 13.3. The molecule has 1 aromatic heterocycles. The van der Waals surface area contributed by atoms with E-state index >= 15 is 0 Å². The van der Waals surface area contributed by atoms with E-state index in [0.717, 1.165) is 11.6 Å². The van der Waals surface area contributed by atoms with Crippen molar-refractivity contribution in [1.29, 1.82) is 0 Å². The van der Waals surface area contributed by atoms with Gasteiger partial charge in [-0.1, -0.05) is 89.5 Å². The van der Waals surface area contributed by atoms with Crippen LogP contribution < -0.4 is 0 Å². The Kier molecular flexibility index (Phi) is 9.86. The molecule has 164 valence electrons. The van der Waals surface area contributed by atoms with Gasteiger partial charge in [0.05, 0.1) is 11.4 Å². The van der Waals surface area contributed by atoms with Gasteiger partial charge >= 0.3 is 0 Å². The molecule has 0 unspecified atom stereocenters. The van der Waals surface area contributed by atoms with E-state index < -0.39 is 0 Å². The van der Waals surface area contributed by atoms with Gasteiger partial charge in [-0.25, -0.2) is 0 Å². The van der Waals surface area contributed by atoms with E-state index in [0.29, 0.717) is 5.92 Å². The summed E-state index contributed by atoms with van der Waals surface area (Å²) in [5, 5.41) is 9.21. The maximum absolute atomic E-state index is 4.63. The van der Waals surface area contributed by atoms with Crippen molar-refractivity contribution < 1.29 is 0 Å². The molecule has 0 saturated heterocycles. The van der Waals surface area contributed by atoms with Crippen LogP contribution in [0.4, 0.5) is 0 Å². The molecule has 0 radical (unpaired) electrons. The van der Waals surface area contributed by atoms with Gasteiger partial charge in [-0.05, 0) is 62.1 Å². The first-order valence-electron chi connectivity index (χ1n) is 12.7. The van der Waals surface area contributed by atoms with Gasteiger partial charge in [0, 0.05) is 11.5 Å². The van der Waals surface area contributed by atoms with E-state index in [4.69, 9.17) is 0 Å². The molecule has 30 heavy (non-hydrogen) atoms. The number of rotatable bonds is 12. The summed E-state index contributed by atoms with van der Waals surface area (Å²) in [6.07, 6.45) is 18.9. The zero-order chi connectivity index (χ0) is 21.0. The fraction of sp³-hybridized carbons (Fsp3) is 0.643. The van der Waals surface area contributed by atoms with E-state index in [2.05, 4.69) is 60.4 Å². The van der Waals surface area contributed by atoms with Crippen molar-refractivity contribution in [2.24, 2.45) is 5.92 Å². The van der Waals surface area contributed by atoms with Gasteiger partial charge in [0.1, 0.15) is 0 Å². The number of benzene rings is 1. The molecule has 0 amide bonds. The van der Waals surface area contributed by atoms with Crippen molar-refractivity contribution in [3.05, 3.63) is 47.7 Å². The maximum Gasteiger partial charge on any atom is 0.0929 e. The molecule has 1 aromatic carbocycles. The summed E-state index contributed by atoms with van der Waals surface area (Å²) in [5.41, 5.74) is 4.81. The first-order valence-corrected chi connectivity index (χ1v) is 12.7. The summed E-state index contributed by atoms with van der Waals surface area (Å²) >= 11 is 0. The molecule has 1 aliphatic carbocycles. The average molecular weight is 407 g/mol. The first-order chi connectivity index (χ1) is 14.8. The van der Waals surface area contributed by atoms with Crippen LogP contribution in [0.1, 0.15) is 114 Å². The highest BCUT2D eigenvalue weighted by molar-refractivity contribution is 5.58. The van der Waals surface area contributed by atoms with Gasteiger partial charge in [-0.15, -0.1) is 0 Å². The zero-order valence-electron chi connectivity index (χ0n) is 19.4. The SMILES string of the molecule is CCCCCCCC1CCC(c2ccc(-c3ccc(CCCCC)cc3)nn2)CC1. The highest BCUT2D eigenvalue weighted by atomic mass is 15.1. The molecular formula is C28H42N2. The minimum atomic E-state index is 0.615. The van der Waals surface area contributed by atoms with E-state index in [1.807, 2.05) is 0 Å². The third kappa shape index (κ3) is 7.22. The maximum atomic E-state index is 4.63. The van der Waals surface area contributed by atoms with Crippen LogP contribution in [-0.2, 0) is 6.42 Å². The number of hydrogen-bond acceptors (Lipinski definition) is 2. The molecular weight excluding hydrogens is 364 g/mol. The topological polar surface area (TPSA) is 25.8 Å². The van der Waals surface area contributed by atoms with Crippen LogP contribution in [0.25, 0.3) is 11.3 Å². The Balaban J connectivity index is 1.44. The molecule has 1 saturated carbocycles. The Bertz CT molecular complexity index is 696. The van der Waals surface area contributed by atoms with Gasteiger partial charge in [0.2, 0.25) is 0 Å². The van der Waals surface area contributed by atoms with Crippen LogP contribution in [0.3, 0.4) is 0 Å². The zero-order valence-corrected chi connectivity index (χ0v) is 19.4. The van der Waals surface area contributed by atoms with Gasteiger partial charge in [-0.2, -0.15) is 10.2 Å². The van der Waals surface area contributed by atoms with Crippen LogP contribution in [0.5, 0.6) is 0 Å². The standard InChI is InChI=1S/C28H42N2/c1-3-5-7-8-10-12-24-15-19-26(20-16-24)28-22-21-27(29-30-28)25-17-13-23(14-18-25)11-9-6-4-2/h13-14,17-18,21-22,24,26H,3-12,15-16,19-20H2,1-2H3. The highest BCUT2D eigenvalue weighted by Crippen LogP contribution is 2.37. The average Bonchev–Trinajstić information content (AvgIpc) is 2.80. The van der Waals surface area contributed by atoms with E-state index in [1.54, 1.807) is 0 Å². The lowest BCUT2D eigenvalue weighted by atomic mass is 9.78. The smallest absolute Gasteiger partial charge is 0.0929 e. The monoisotopic (exact) mass is 406 g/mol. The second-order valence-electron chi connectivity index (χ2n) is 9.42. The third-order valence-electron chi connectivity index (χ3n) is 6.98. The Morgan fingerprint density at radius 2 is 1.40 bits per heavy atom. The first kappa shape index (κ1) is 23.0. The Labute approximate surface area is 184 Å². The molecule has 0 spiro atoms. The quantitative estimate of drug-likeness (QED) is 0.330. The molecule has 0 N–H and O–H groups in total. The Morgan fingerprint density at radius 3 is 2.07 bits per heavy atom.